The summed E-state index contributed by atoms with van der Waals surface area (Å²) < 4.78 is 0. The first-order chi connectivity index (χ1) is 9.38. The molecule has 20 heavy (non-hydrogen) atoms. The Morgan fingerprint density at radius 1 is 1.10 bits per heavy atom. The molecule has 0 aromatic heterocycles. The molecular weight excluding hydrogens is 276 g/mol. The number of hydrogen-bond acceptors (Lipinski definition) is 3. The summed E-state index contributed by atoms with van der Waals surface area (Å²) in [6.07, 6.45) is 0. The average molecular weight is 291 g/mol. The number of nitrogens with zero attached hydrogens (tertiary/aromatic N) is 1. The first-order valence-electron chi connectivity index (χ1n) is 6.16. The Hall–Kier alpha value is -1.91. The lowest BCUT2D eigenvalue weighted by Gasteiger charge is -2.14. The van der Waals surface area contributed by atoms with Crippen LogP contribution >= 0.6 is 11.6 Å². The Morgan fingerprint density at radius 3 is 2.40 bits per heavy atom. The highest BCUT2D eigenvalue weighted by atomic mass is 35.5. The van der Waals surface area contributed by atoms with Crippen molar-refractivity contribution in [3.05, 3.63) is 73.8 Å². The van der Waals surface area contributed by atoms with Crippen LogP contribution in [0.3, 0.4) is 0 Å². The zero-order valence-corrected chi connectivity index (χ0v) is 12.0. The molecule has 0 aliphatic rings. The van der Waals surface area contributed by atoms with Gasteiger partial charge in [-0.05, 0) is 42.2 Å². The van der Waals surface area contributed by atoms with Gasteiger partial charge in [0.1, 0.15) is 0 Å². The number of benzene rings is 2. The van der Waals surface area contributed by atoms with Crippen LogP contribution in [0.15, 0.2) is 36.4 Å². The first-order valence-corrected chi connectivity index (χ1v) is 6.54. The smallest absolute Gasteiger partial charge is 0.271 e. The van der Waals surface area contributed by atoms with E-state index in [1.807, 2.05) is 32.0 Å². The normalized spacial score (nSPS) is 12.2. The molecule has 0 aliphatic carbocycles. The van der Waals surface area contributed by atoms with Crippen molar-refractivity contribution in [1.82, 2.24) is 0 Å². The van der Waals surface area contributed by atoms with Crippen LogP contribution in [0.5, 0.6) is 0 Å². The lowest BCUT2D eigenvalue weighted by Crippen LogP contribution is -2.12. The molecule has 5 heteroatoms. The maximum atomic E-state index is 10.9. The van der Waals surface area contributed by atoms with Gasteiger partial charge in [0.15, 0.2) is 0 Å². The van der Waals surface area contributed by atoms with E-state index in [1.165, 1.54) is 17.7 Å². The molecule has 2 aromatic carbocycles. The van der Waals surface area contributed by atoms with Crippen molar-refractivity contribution in [2.45, 2.75) is 19.9 Å². The predicted octanol–water partition coefficient (Wildman–Crippen LogP) is 3.91. The van der Waals surface area contributed by atoms with E-state index in [-0.39, 0.29) is 5.69 Å². The van der Waals surface area contributed by atoms with Crippen LogP contribution in [0.1, 0.15) is 28.3 Å². The Labute approximate surface area is 122 Å². The molecule has 0 heterocycles. The van der Waals surface area contributed by atoms with Gasteiger partial charge in [0.05, 0.1) is 11.0 Å². The second kappa shape index (κ2) is 5.61. The summed E-state index contributed by atoms with van der Waals surface area (Å²) in [6.45, 7) is 4.03. The van der Waals surface area contributed by atoms with Crippen LogP contribution in [0.2, 0.25) is 5.02 Å². The first kappa shape index (κ1) is 14.5. The van der Waals surface area contributed by atoms with E-state index in [9.17, 15) is 10.1 Å². The highest BCUT2D eigenvalue weighted by Crippen LogP contribution is 2.28. The zero-order chi connectivity index (χ0) is 14.9. The van der Waals surface area contributed by atoms with Gasteiger partial charge in [-0.2, -0.15) is 0 Å². The molecule has 0 aliphatic heterocycles. The fraction of sp³-hybridized carbons (Fsp3) is 0.200. The third-order valence-corrected chi connectivity index (χ3v) is 3.58. The maximum Gasteiger partial charge on any atom is 0.271 e. The van der Waals surface area contributed by atoms with Crippen LogP contribution in [-0.2, 0) is 0 Å². The summed E-state index contributed by atoms with van der Waals surface area (Å²) in [5.41, 5.74) is 9.99. The number of nitro groups is 1. The molecule has 2 aromatic rings. The predicted molar refractivity (Wildman–Crippen MR) is 80.1 cm³/mol. The van der Waals surface area contributed by atoms with Gasteiger partial charge in [-0.1, -0.05) is 29.8 Å². The quantitative estimate of drug-likeness (QED) is 0.688. The van der Waals surface area contributed by atoms with E-state index in [4.69, 9.17) is 17.3 Å². The largest absolute Gasteiger partial charge is 0.320 e. The summed E-state index contributed by atoms with van der Waals surface area (Å²) in [4.78, 5) is 10.4. The van der Waals surface area contributed by atoms with Gasteiger partial charge in [0.25, 0.3) is 5.69 Å². The molecule has 0 saturated heterocycles. The molecule has 104 valence electrons. The Morgan fingerprint density at radius 2 is 1.80 bits per heavy atom. The minimum Gasteiger partial charge on any atom is -0.320 e. The second-order valence-electron chi connectivity index (χ2n) is 4.82. The number of hydrogen-bond donors (Lipinski definition) is 1. The van der Waals surface area contributed by atoms with Crippen molar-refractivity contribution < 1.29 is 4.92 Å². The van der Waals surface area contributed by atoms with Gasteiger partial charge in [0, 0.05) is 17.2 Å². The molecule has 0 bridgehead atoms. The molecule has 4 nitrogen and oxygen atoms in total. The Balaban J connectivity index is 2.44. The summed E-state index contributed by atoms with van der Waals surface area (Å²) in [7, 11) is 0. The van der Waals surface area contributed by atoms with E-state index in [0.29, 0.717) is 10.6 Å². The summed E-state index contributed by atoms with van der Waals surface area (Å²) >= 11 is 5.92. The average Bonchev–Trinajstić information content (AvgIpc) is 2.40. The molecule has 2 rings (SSSR count). The van der Waals surface area contributed by atoms with Gasteiger partial charge >= 0.3 is 0 Å². The molecule has 2 N–H and O–H groups in total. The molecular formula is C15H15ClN2O2. The van der Waals surface area contributed by atoms with Gasteiger partial charge in [0.2, 0.25) is 0 Å². The van der Waals surface area contributed by atoms with Gasteiger partial charge in [-0.15, -0.1) is 0 Å². The molecule has 0 fully saturated rings. The summed E-state index contributed by atoms with van der Waals surface area (Å²) in [6, 6.07) is 9.92. The zero-order valence-electron chi connectivity index (χ0n) is 11.3. The van der Waals surface area contributed by atoms with Crippen molar-refractivity contribution in [2.24, 2.45) is 5.73 Å². The van der Waals surface area contributed by atoms with Gasteiger partial charge < -0.3 is 5.73 Å². The molecule has 0 radical (unpaired) electrons. The number of aryl methyl sites for hydroxylation is 2. The lowest BCUT2D eigenvalue weighted by molar-refractivity contribution is -0.384. The molecule has 0 spiro atoms. The fourth-order valence-corrected chi connectivity index (χ4v) is 2.27. The highest BCUT2D eigenvalue weighted by molar-refractivity contribution is 6.30. The molecule has 1 unspecified atom stereocenters. The van der Waals surface area contributed by atoms with E-state index in [0.717, 1.165) is 11.1 Å². The van der Waals surface area contributed by atoms with Crippen molar-refractivity contribution in [3.63, 3.8) is 0 Å². The lowest BCUT2D eigenvalue weighted by atomic mass is 9.96. The van der Waals surface area contributed by atoms with Crippen LogP contribution in [0.4, 0.5) is 5.69 Å². The van der Waals surface area contributed by atoms with E-state index >= 15 is 0 Å². The number of non-ortho nitro benzene ring substituents is 1. The molecule has 0 saturated carbocycles. The SMILES string of the molecule is Cc1ccc(C(N)c2cc(Cl)cc([N+](=O)[O-])c2)cc1C. The fourth-order valence-electron chi connectivity index (χ4n) is 2.03. The number of nitro benzene ring substituents is 1. The third-order valence-electron chi connectivity index (χ3n) is 3.36. The van der Waals surface area contributed by atoms with Crippen LogP contribution in [0, 0.1) is 24.0 Å². The highest BCUT2D eigenvalue weighted by Gasteiger charge is 2.15. The van der Waals surface area contributed by atoms with Crippen molar-refractivity contribution >= 4 is 17.3 Å². The van der Waals surface area contributed by atoms with E-state index < -0.39 is 11.0 Å². The molecule has 0 amide bonds. The minimum atomic E-state index is -0.470. The van der Waals surface area contributed by atoms with Gasteiger partial charge in [-0.3, -0.25) is 10.1 Å². The topological polar surface area (TPSA) is 69.2 Å². The Bertz CT molecular complexity index is 671. The monoisotopic (exact) mass is 290 g/mol. The van der Waals surface area contributed by atoms with Crippen LogP contribution in [0.25, 0.3) is 0 Å². The van der Waals surface area contributed by atoms with E-state index in [1.54, 1.807) is 6.07 Å². The Kier molecular flexibility index (Phi) is 4.06. The number of halogens is 1. The van der Waals surface area contributed by atoms with Gasteiger partial charge in [-0.25, -0.2) is 0 Å². The third kappa shape index (κ3) is 2.98. The molecule has 1 atom stereocenters. The summed E-state index contributed by atoms with van der Waals surface area (Å²) in [5.74, 6) is 0. The minimum absolute atomic E-state index is 0.0493. The maximum absolute atomic E-state index is 10.9. The van der Waals surface area contributed by atoms with Crippen LogP contribution in [-0.4, -0.2) is 4.92 Å². The van der Waals surface area contributed by atoms with Crippen molar-refractivity contribution in [2.75, 3.05) is 0 Å². The van der Waals surface area contributed by atoms with Crippen molar-refractivity contribution in [3.8, 4) is 0 Å². The standard InChI is InChI=1S/C15H15ClN2O2/c1-9-3-4-11(5-10(9)2)15(17)12-6-13(16)8-14(7-12)18(19)20/h3-8,15H,17H2,1-2H3. The summed E-state index contributed by atoms with van der Waals surface area (Å²) in [5, 5.41) is 11.2. The van der Waals surface area contributed by atoms with Crippen molar-refractivity contribution in [1.29, 1.82) is 0 Å². The van der Waals surface area contributed by atoms with E-state index in [2.05, 4.69) is 0 Å². The number of rotatable bonds is 3. The second-order valence-corrected chi connectivity index (χ2v) is 5.26. The number of nitrogens with two attached hydrogens (primary N) is 1. The van der Waals surface area contributed by atoms with Crippen LogP contribution < -0.4 is 5.73 Å².